The third kappa shape index (κ3) is 5.46. The van der Waals surface area contributed by atoms with Gasteiger partial charge in [-0.2, -0.15) is 0 Å². The molecule has 3 aromatic carbocycles. The molecule has 1 amide bonds. The number of nitrogens with zero attached hydrogens (tertiary/aromatic N) is 1. The van der Waals surface area contributed by atoms with Crippen molar-refractivity contribution >= 4 is 33.2 Å². The van der Waals surface area contributed by atoms with Gasteiger partial charge in [0.1, 0.15) is 6.54 Å². The van der Waals surface area contributed by atoms with E-state index in [0.717, 1.165) is 15.4 Å². The van der Waals surface area contributed by atoms with E-state index in [1.54, 1.807) is 43.3 Å². The number of hydrogen-bond acceptors (Lipinski definition) is 3. The molecule has 0 heterocycles. The van der Waals surface area contributed by atoms with Gasteiger partial charge in [0.05, 0.1) is 16.6 Å². The molecule has 0 radical (unpaired) electrons. The van der Waals surface area contributed by atoms with E-state index in [4.69, 9.17) is 11.6 Å². The third-order valence-electron chi connectivity index (χ3n) is 5.00. The van der Waals surface area contributed by atoms with Crippen molar-refractivity contribution < 1.29 is 13.2 Å². The van der Waals surface area contributed by atoms with E-state index in [1.807, 2.05) is 38.1 Å². The van der Waals surface area contributed by atoms with Gasteiger partial charge in [-0.1, -0.05) is 59.6 Å². The van der Waals surface area contributed by atoms with E-state index in [9.17, 15) is 13.2 Å². The fourth-order valence-corrected chi connectivity index (χ4v) is 5.01. The molecule has 5 nitrogen and oxygen atoms in total. The van der Waals surface area contributed by atoms with Crippen molar-refractivity contribution in [2.45, 2.75) is 31.7 Å². The highest BCUT2D eigenvalue weighted by Gasteiger charge is 2.28. The quantitative estimate of drug-likeness (QED) is 0.542. The molecule has 0 aromatic heterocycles. The molecule has 7 heteroatoms. The number of rotatable bonds is 7. The second-order valence-electron chi connectivity index (χ2n) is 7.46. The number of aryl methyl sites for hydroxylation is 2. The molecule has 0 fully saturated rings. The average Bonchev–Trinajstić information content (AvgIpc) is 2.73. The van der Waals surface area contributed by atoms with E-state index >= 15 is 0 Å². The summed E-state index contributed by atoms with van der Waals surface area (Å²) >= 11 is 6.06. The molecule has 0 saturated heterocycles. The number of halogens is 1. The van der Waals surface area contributed by atoms with E-state index in [2.05, 4.69) is 5.32 Å². The highest BCUT2D eigenvalue weighted by atomic mass is 35.5. The van der Waals surface area contributed by atoms with Crippen LogP contribution >= 0.6 is 11.6 Å². The second-order valence-corrected chi connectivity index (χ2v) is 9.75. The van der Waals surface area contributed by atoms with Gasteiger partial charge in [0.25, 0.3) is 10.0 Å². The topological polar surface area (TPSA) is 66.5 Å². The molecular formula is C24H25ClN2O3S. The fourth-order valence-electron chi connectivity index (χ4n) is 3.27. The molecule has 0 saturated carbocycles. The summed E-state index contributed by atoms with van der Waals surface area (Å²) in [5.41, 5.74) is 3.14. The predicted octanol–water partition coefficient (Wildman–Crippen LogP) is 5.03. The van der Waals surface area contributed by atoms with Crippen LogP contribution in [0.5, 0.6) is 0 Å². The van der Waals surface area contributed by atoms with Crippen LogP contribution in [0.1, 0.15) is 29.7 Å². The van der Waals surface area contributed by atoms with Crippen LogP contribution in [0.25, 0.3) is 0 Å². The van der Waals surface area contributed by atoms with Crippen molar-refractivity contribution in [3.8, 4) is 0 Å². The van der Waals surface area contributed by atoms with E-state index in [0.29, 0.717) is 16.3 Å². The van der Waals surface area contributed by atoms with Crippen molar-refractivity contribution in [1.29, 1.82) is 0 Å². The lowest BCUT2D eigenvalue weighted by molar-refractivity contribution is -0.120. The maximum atomic E-state index is 13.4. The molecule has 1 N–H and O–H groups in total. The largest absolute Gasteiger partial charge is 0.348 e. The Hall–Kier alpha value is -2.83. The van der Waals surface area contributed by atoms with Gasteiger partial charge in [-0.15, -0.1) is 0 Å². The highest BCUT2D eigenvalue weighted by molar-refractivity contribution is 7.92. The summed E-state index contributed by atoms with van der Waals surface area (Å²) in [6, 6.07) is 20.6. The fraction of sp³-hybridized carbons (Fsp3) is 0.208. The number of carbonyl (C=O) groups excluding carboxylic acids is 1. The molecule has 0 aliphatic carbocycles. The zero-order chi connectivity index (χ0) is 22.6. The lowest BCUT2D eigenvalue weighted by atomic mass is 10.1. The summed E-state index contributed by atoms with van der Waals surface area (Å²) in [7, 11) is -3.96. The molecule has 0 aliphatic rings. The minimum atomic E-state index is -3.96. The van der Waals surface area contributed by atoms with Crippen molar-refractivity contribution in [2.75, 3.05) is 10.8 Å². The minimum Gasteiger partial charge on any atom is -0.348 e. The molecule has 162 valence electrons. The van der Waals surface area contributed by atoms with Crippen molar-refractivity contribution in [2.24, 2.45) is 0 Å². The molecule has 1 atom stereocenters. The second kappa shape index (κ2) is 9.54. The lowest BCUT2D eigenvalue weighted by Gasteiger charge is -2.26. The Labute approximate surface area is 188 Å². The number of benzene rings is 3. The van der Waals surface area contributed by atoms with Crippen molar-refractivity contribution in [3.05, 3.63) is 94.5 Å². The normalized spacial score (nSPS) is 12.3. The van der Waals surface area contributed by atoms with Crippen LogP contribution in [0.4, 0.5) is 5.69 Å². The van der Waals surface area contributed by atoms with E-state index in [1.165, 1.54) is 12.1 Å². The zero-order valence-electron chi connectivity index (χ0n) is 17.7. The van der Waals surface area contributed by atoms with Gasteiger partial charge < -0.3 is 5.32 Å². The maximum Gasteiger partial charge on any atom is 0.264 e. The Morgan fingerprint density at radius 1 is 1.00 bits per heavy atom. The first-order valence-corrected chi connectivity index (χ1v) is 11.7. The molecule has 0 unspecified atom stereocenters. The van der Waals surface area contributed by atoms with E-state index < -0.39 is 15.9 Å². The Balaban J connectivity index is 1.91. The summed E-state index contributed by atoms with van der Waals surface area (Å²) in [4.78, 5) is 13.0. The molecule has 3 rings (SSSR count). The Kier molecular flexibility index (Phi) is 7.03. The molecule has 0 spiro atoms. The standard InChI is InChI=1S/C24H25ClN2O3S/c1-17-9-11-20(12-10-17)19(3)26-24(28)16-27(23-14-13-21(25)15-18(23)2)31(29,30)22-7-5-4-6-8-22/h4-15,19H,16H2,1-3H3,(H,26,28)/t19-/m0/s1. The Bertz CT molecular complexity index is 1160. The molecule has 0 bridgehead atoms. The van der Waals surface area contributed by atoms with E-state index in [-0.39, 0.29) is 17.5 Å². The summed E-state index contributed by atoms with van der Waals surface area (Å²) in [6.45, 7) is 5.28. The van der Waals surface area contributed by atoms with Gasteiger partial charge in [-0.25, -0.2) is 8.42 Å². The van der Waals surface area contributed by atoms with Gasteiger partial charge in [-0.3, -0.25) is 9.10 Å². The molecule has 31 heavy (non-hydrogen) atoms. The summed E-state index contributed by atoms with van der Waals surface area (Å²) in [5, 5.41) is 3.40. The average molecular weight is 457 g/mol. The van der Waals surface area contributed by atoms with Gasteiger partial charge >= 0.3 is 0 Å². The minimum absolute atomic E-state index is 0.115. The lowest BCUT2D eigenvalue weighted by Crippen LogP contribution is -2.41. The summed E-state index contributed by atoms with van der Waals surface area (Å²) in [5.74, 6) is -0.401. The highest BCUT2D eigenvalue weighted by Crippen LogP contribution is 2.29. The van der Waals surface area contributed by atoms with Gasteiger partial charge in [0.15, 0.2) is 0 Å². The smallest absolute Gasteiger partial charge is 0.264 e. The summed E-state index contributed by atoms with van der Waals surface area (Å²) in [6.07, 6.45) is 0. The molecular weight excluding hydrogens is 432 g/mol. The first-order chi connectivity index (χ1) is 14.7. The van der Waals surface area contributed by atoms with Gasteiger partial charge in [0, 0.05) is 5.02 Å². The third-order valence-corrected chi connectivity index (χ3v) is 7.01. The number of amides is 1. The Morgan fingerprint density at radius 2 is 1.65 bits per heavy atom. The first-order valence-electron chi connectivity index (χ1n) is 9.88. The number of nitrogens with one attached hydrogen (secondary N) is 1. The number of sulfonamides is 1. The van der Waals surface area contributed by atoms with Crippen LogP contribution < -0.4 is 9.62 Å². The van der Waals surface area contributed by atoms with Gasteiger partial charge in [0.2, 0.25) is 5.91 Å². The number of hydrogen-bond donors (Lipinski definition) is 1. The first kappa shape index (κ1) is 22.8. The van der Waals surface area contributed by atoms with Crippen LogP contribution in [0.2, 0.25) is 5.02 Å². The summed E-state index contributed by atoms with van der Waals surface area (Å²) < 4.78 is 28.0. The van der Waals surface area contributed by atoms with Crippen LogP contribution in [0, 0.1) is 13.8 Å². The molecule has 3 aromatic rings. The van der Waals surface area contributed by atoms with Crippen molar-refractivity contribution in [3.63, 3.8) is 0 Å². The van der Waals surface area contributed by atoms with Crippen molar-refractivity contribution in [1.82, 2.24) is 5.32 Å². The maximum absolute atomic E-state index is 13.4. The number of carbonyl (C=O) groups is 1. The zero-order valence-corrected chi connectivity index (χ0v) is 19.2. The predicted molar refractivity (Wildman–Crippen MR) is 125 cm³/mol. The van der Waals surface area contributed by atoms with Crippen LogP contribution in [-0.2, 0) is 14.8 Å². The van der Waals surface area contributed by atoms with Gasteiger partial charge in [-0.05, 0) is 62.2 Å². The monoisotopic (exact) mass is 456 g/mol. The SMILES string of the molecule is Cc1ccc([C@H](C)NC(=O)CN(c2ccc(Cl)cc2C)S(=O)(=O)c2ccccc2)cc1. The van der Waals surface area contributed by atoms with Crippen LogP contribution in [-0.4, -0.2) is 20.9 Å². The number of anilines is 1. The Morgan fingerprint density at radius 3 is 2.26 bits per heavy atom. The molecule has 0 aliphatic heterocycles. The van der Waals surface area contributed by atoms with Crippen LogP contribution in [0.15, 0.2) is 77.7 Å². The van der Waals surface area contributed by atoms with Crippen LogP contribution in [0.3, 0.4) is 0 Å².